The summed E-state index contributed by atoms with van der Waals surface area (Å²) < 4.78 is 16.9. The lowest BCUT2D eigenvalue weighted by atomic mass is 10.2. The van der Waals surface area contributed by atoms with Crippen LogP contribution in [0.25, 0.3) is 0 Å². The Kier molecular flexibility index (Phi) is 6.14. The van der Waals surface area contributed by atoms with Crippen LogP contribution >= 0.6 is 11.6 Å². The molecule has 0 saturated carbocycles. The SMILES string of the molecule is N#Cc1ccc(OCC(=O)N2CCN(C(=O)C3COc4ccccc4O3)CC2)c(Cl)c1. The third kappa shape index (κ3) is 4.67. The molecule has 0 aliphatic carbocycles. The van der Waals surface area contributed by atoms with E-state index < -0.39 is 6.10 Å². The molecule has 1 fully saturated rings. The van der Waals surface area contributed by atoms with Crippen molar-refractivity contribution in [3.05, 3.63) is 53.1 Å². The number of benzene rings is 2. The highest BCUT2D eigenvalue weighted by Gasteiger charge is 2.33. The van der Waals surface area contributed by atoms with Crippen molar-refractivity contribution in [3.8, 4) is 23.3 Å². The third-order valence-electron chi connectivity index (χ3n) is 5.14. The van der Waals surface area contributed by atoms with Crippen LogP contribution in [-0.4, -0.2) is 67.1 Å². The Labute approximate surface area is 184 Å². The number of carbonyl (C=O) groups excluding carboxylic acids is 2. The largest absolute Gasteiger partial charge is 0.485 e. The fourth-order valence-corrected chi connectivity index (χ4v) is 3.67. The van der Waals surface area contributed by atoms with Crippen molar-refractivity contribution in [1.82, 2.24) is 9.80 Å². The number of halogens is 1. The van der Waals surface area contributed by atoms with E-state index in [0.717, 1.165) is 0 Å². The zero-order valence-corrected chi connectivity index (χ0v) is 17.4. The molecule has 2 aromatic carbocycles. The van der Waals surface area contributed by atoms with Crippen LogP contribution in [0.15, 0.2) is 42.5 Å². The van der Waals surface area contributed by atoms with Gasteiger partial charge in [-0.1, -0.05) is 23.7 Å². The van der Waals surface area contributed by atoms with E-state index in [0.29, 0.717) is 49.0 Å². The predicted molar refractivity (Wildman–Crippen MR) is 111 cm³/mol. The molecular weight excluding hydrogens is 422 g/mol. The lowest BCUT2D eigenvalue weighted by Crippen LogP contribution is -2.55. The van der Waals surface area contributed by atoms with Crippen LogP contribution in [0.5, 0.6) is 17.2 Å². The molecule has 2 heterocycles. The summed E-state index contributed by atoms with van der Waals surface area (Å²) in [5, 5.41) is 9.15. The van der Waals surface area contributed by atoms with Crippen molar-refractivity contribution in [2.24, 2.45) is 0 Å². The Morgan fingerprint density at radius 1 is 1.10 bits per heavy atom. The number of hydrogen-bond acceptors (Lipinski definition) is 6. The second-order valence-electron chi connectivity index (χ2n) is 7.12. The van der Waals surface area contributed by atoms with Crippen LogP contribution in [-0.2, 0) is 9.59 Å². The van der Waals surface area contributed by atoms with Crippen molar-refractivity contribution < 1.29 is 23.8 Å². The molecule has 9 heteroatoms. The van der Waals surface area contributed by atoms with Crippen LogP contribution < -0.4 is 14.2 Å². The number of nitriles is 1. The zero-order chi connectivity index (χ0) is 21.8. The summed E-state index contributed by atoms with van der Waals surface area (Å²) in [7, 11) is 0. The van der Waals surface area contributed by atoms with E-state index in [1.807, 2.05) is 18.2 Å². The molecule has 0 N–H and O–H groups in total. The van der Waals surface area contributed by atoms with Gasteiger partial charge >= 0.3 is 0 Å². The minimum absolute atomic E-state index is 0.151. The minimum Gasteiger partial charge on any atom is -0.485 e. The Hall–Kier alpha value is -3.44. The number of rotatable bonds is 4. The van der Waals surface area contributed by atoms with E-state index in [-0.39, 0.29) is 30.1 Å². The summed E-state index contributed by atoms with van der Waals surface area (Å²) in [6, 6.07) is 13.9. The quantitative estimate of drug-likeness (QED) is 0.721. The number of piperazine rings is 1. The second-order valence-corrected chi connectivity index (χ2v) is 7.52. The molecule has 0 radical (unpaired) electrons. The lowest BCUT2D eigenvalue weighted by Gasteiger charge is -2.37. The number of ether oxygens (including phenoxy) is 3. The molecule has 1 atom stereocenters. The summed E-state index contributed by atoms with van der Waals surface area (Å²) in [5.41, 5.74) is 0.417. The highest BCUT2D eigenvalue weighted by atomic mass is 35.5. The van der Waals surface area contributed by atoms with Gasteiger partial charge in [0.05, 0.1) is 16.7 Å². The maximum Gasteiger partial charge on any atom is 0.267 e. The van der Waals surface area contributed by atoms with Crippen molar-refractivity contribution in [1.29, 1.82) is 5.26 Å². The summed E-state index contributed by atoms with van der Waals surface area (Å²) in [6.45, 7) is 1.61. The molecule has 2 amide bonds. The molecular formula is C22H20ClN3O5. The highest BCUT2D eigenvalue weighted by Crippen LogP contribution is 2.31. The third-order valence-corrected chi connectivity index (χ3v) is 5.44. The van der Waals surface area contributed by atoms with Gasteiger partial charge in [0.1, 0.15) is 12.4 Å². The van der Waals surface area contributed by atoms with Crippen LogP contribution in [0.1, 0.15) is 5.56 Å². The van der Waals surface area contributed by atoms with E-state index in [4.69, 9.17) is 31.1 Å². The van der Waals surface area contributed by atoms with Gasteiger partial charge in [-0.3, -0.25) is 9.59 Å². The molecule has 1 unspecified atom stereocenters. The van der Waals surface area contributed by atoms with Crippen molar-refractivity contribution >= 4 is 23.4 Å². The van der Waals surface area contributed by atoms with Crippen LogP contribution in [0.3, 0.4) is 0 Å². The first-order valence-electron chi connectivity index (χ1n) is 9.82. The van der Waals surface area contributed by atoms with E-state index in [1.165, 1.54) is 6.07 Å². The number of amides is 2. The second kappa shape index (κ2) is 9.14. The molecule has 2 aliphatic rings. The van der Waals surface area contributed by atoms with E-state index in [9.17, 15) is 9.59 Å². The van der Waals surface area contributed by atoms with Crippen LogP contribution in [0.4, 0.5) is 0 Å². The minimum atomic E-state index is -0.695. The molecule has 0 bridgehead atoms. The summed E-state index contributed by atoms with van der Waals surface area (Å²) in [5.74, 6) is 1.18. The van der Waals surface area contributed by atoms with Gasteiger partial charge in [0.15, 0.2) is 18.1 Å². The monoisotopic (exact) mass is 441 g/mol. The molecule has 2 aliphatic heterocycles. The van der Waals surface area contributed by atoms with Gasteiger partial charge in [0, 0.05) is 26.2 Å². The first-order valence-corrected chi connectivity index (χ1v) is 10.2. The fourth-order valence-electron chi connectivity index (χ4n) is 3.44. The molecule has 0 spiro atoms. The van der Waals surface area contributed by atoms with Gasteiger partial charge < -0.3 is 24.0 Å². The Morgan fingerprint density at radius 2 is 1.81 bits per heavy atom. The molecule has 4 rings (SSSR count). The van der Waals surface area contributed by atoms with Gasteiger partial charge in [0.2, 0.25) is 6.10 Å². The molecule has 160 valence electrons. The summed E-state index contributed by atoms with van der Waals surface area (Å²) >= 11 is 6.07. The fraction of sp³-hybridized carbons (Fsp3) is 0.318. The topological polar surface area (TPSA) is 92.1 Å². The lowest BCUT2D eigenvalue weighted by molar-refractivity contribution is -0.146. The number of fused-ring (bicyclic) bond motifs is 1. The Morgan fingerprint density at radius 3 is 2.52 bits per heavy atom. The molecule has 0 aromatic heterocycles. The number of nitrogens with zero attached hydrogens (tertiary/aromatic N) is 3. The average Bonchev–Trinajstić information content (AvgIpc) is 2.82. The summed E-state index contributed by atoms with van der Waals surface area (Å²) in [6.07, 6.45) is -0.695. The van der Waals surface area contributed by atoms with Gasteiger partial charge in [-0.25, -0.2) is 0 Å². The Bertz CT molecular complexity index is 1030. The smallest absolute Gasteiger partial charge is 0.267 e. The first-order chi connectivity index (χ1) is 15.0. The van der Waals surface area contributed by atoms with Gasteiger partial charge in [-0.2, -0.15) is 5.26 Å². The predicted octanol–water partition coefficient (Wildman–Crippen LogP) is 2.10. The van der Waals surface area contributed by atoms with E-state index >= 15 is 0 Å². The van der Waals surface area contributed by atoms with E-state index in [2.05, 4.69) is 0 Å². The maximum absolute atomic E-state index is 12.8. The van der Waals surface area contributed by atoms with Crippen molar-refractivity contribution in [2.75, 3.05) is 39.4 Å². The Balaban J connectivity index is 1.26. The maximum atomic E-state index is 12.8. The molecule has 2 aromatic rings. The van der Waals surface area contributed by atoms with E-state index in [1.54, 1.807) is 34.1 Å². The average molecular weight is 442 g/mol. The van der Waals surface area contributed by atoms with Gasteiger partial charge in [-0.15, -0.1) is 0 Å². The van der Waals surface area contributed by atoms with Gasteiger partial charge in [-0.05, 0) is 30.3 Å². The van der Waals surface area contributed by atoms with Crippen LogP contribution in [0, 0.1) is 11.3 Å². The summed E-state index contributed by atoms with van der Waals surface area (Å²) in [4.78, 5) is 28.6. The number of carbonyl (C=O) groups is 2. The first kappa shape index (κ1) is 20.8. The van der Waals surface area contributed by atoms with Crippen molar-refractivity contribution in [3.63, 3.8) is 0 Å². The number of para-hydroxylation sites is 2. The van der Waals surface area contributed by atoms with Crippen LogP contribution in [0.2, 0.25) is 5.02 Å². The molecule has 8 nitrogen and oxygen atoms in total. The zero-order valence-electron chi connectivity index (χ0n) is 16.6. The highest BCUT2D eigenvalue weighted by molar-refractivity contribution is 6.32. The standard InChI is InChI=1S/C22H20ClN3O5/c23-16-11-15(12-24)5-6-17(16)30-14-21(27)25-7-9-26(10-8-25)22(28)20-13-29-18-3-1-2-4-19(18)31-20/h1-6,11,20H,7-10,13-14H2. The molecule has 31 heavy (non-hydrogen) atoms. The normalized spacial score (nSPS) is 17.6. The van der Waals surface area contributed by atoms with Crippen molar-refractivity contribution in [2.45, 2.75) is 6.10 Å². The number of hydrogen-bond donors (Lipinski definition) is 0. The van der Waals surface area contributed by atoms with Gasteiger partial charge in [0.25, 0.3) is 11.8 Å². The molecule has 1 saturated heterocycles.